The summed E-state index contributed by atoms with van der Waals surface area (Å²) < 4.78 is 16.9. The van der Waals surface area contributed by atoms with E-state index in [1.807, 2.05) is 13.3 Å². The van der Waals surface area contributed by atoms with Crippen molar-refractivity contribution >= 4 is 7.14 Å². The summed E-state index contributed by atoms with van der Waals surface area (Å²) in [4.78, 5) is 0. The molecule has 3 nitrogen and oxygen atoms in total. The van der Waals surface area contributed by atoms with Gasteiger partial charge in [0, 0.05) is 18.7 Å². The van der Waals surface area contributed by atoms with E-state index in [4.69, 9.17) is 4.74 Å². The average molecular weight is 177 g/mol. The third-order valence-corrected chi connectivity index (χ3v) is 4.08. The molecule has 11 heavy (non-hydrogen) atoms. The summed E-state index contributed by atoms with van der Waals surface area (Å²) in [7, 11) is -1.96. The van der Waals surface area contributed by atoms with Gasteiger partial charge in [-0.25, -0.2) is 0 Å². The van der Waals surface area contributed by atoms with Crippen molar-refractivity contribution in [1.82, 2.24) is 5.32 Å². The summed E-state index contributed by atoms with van der Waals surface area (Å²) >= 11 is 0. The molecule has 1 saturated heterocycles. The fraction of sp³-hybridized carbons (Fsp3) is 1.00. The summed E-state index contributed by atoms with van der Waals surface area (Å²) in [5.41, 5.74) is 0.213. The fourth-order valence-electron chi connectivity index (χ4n) is 1.09. The van der Waals surface area contributed by atoms with Crippen LogP contribution in [0.25, 0.3) is 0 Å². The Morgan fingerprint density at radius 1 is 1.55 bits per heavy atom. The molecule has 0 aromatic heterocycles. The molecule has 0 spiro atoms. The Morgan fingerprint density at radius 2 is 2.27 bits per heavy atom. The minimum atomic E-state index is -1.96. The van der Waals surface area contributed by atoms with Gasteiger partial charge >= 0.3 is 0 Å². The van der Waals surface area contributed by atoms with E-state index in [9.17, 15) is 4.57 Å². The van der Waals surface area contributed by atoms with E-state index in [0.29, 0.717) is 6.61 Å². The third-order valence-electron chi connectivity index (χ3n) is 1.99. The number of nitrogens with one attached hydrogen (secondary N) is 1. The maximum atomic E-state index is 11.6. The zero-order chi connectivity index (χ0) is 8.32. The Balaban J connectivity index is 2.49. The Morgan fingerprint density at radius 3 is 2.91 bits per heavy atom. The van der Waals surface area contributed by atoms with Gasteiger partial charge in [0.2, 0.25) is 0 Å². The van der Waals surface area contributed by atoms with Crippen molar-refractivity contribution in [2.75, 3.05) is 39.6 Å². The average Bonchev–Trinajstić information content (AvgIpc) is 2.10. The molecule has 1 aliphatic heterocycles. The second-order valence-electron chi connectivity index (χ2n) is 3.37. The maximum Gasteiger partial charge on any atom is 0.0883 e. The van der Waals surface area contributed by atoms with Crippen molar-refractivity contribution in [1.29, 1.82) is 0 Å². The van der Waals surface area contributed by atoms with Crippen molar-refractivity contribution in [2.24, 2.45) is 0 Å². The van der Waals surface area contributed by atoms with Crippen molar-refractivity contribution in [3.8, 4) is 0 Å². The standard InChI is InChI=1S/C7H16NO2P/c1-11(2,9)7-5-8-3-4-10-6-7/h7-8H,3-6H2,1-2H3. The lowest BCUT2D eigenvalue weighted by Crippen LogP contribution is -2.26. The van der Waals surface area contributed by atoms with Crippen LogP contribution in [-0.2, 0) is 9.30 Å². The highest BCUT2D eigenvalue weighted by Gasteiger charge is 2.24. The molecule has 1 atom stereocenters. The Hall–Kier alpha value is 0.150. The summed E-state index contributed by atoms with van der Waals surface area (Å²) in [5.74, 6) is 0. The highest BCUT2D eigenvalue weighted by atomic mass is 31.2. The van der Waals surface area contributed by atoms with Gasteiger partial charge in [-0.3, -0.25) is 0 Å². The molecule has 1 fully saturated rings. The van der Waals surface area contributed by atoms with E-state index in [1.165, 1.54) is 0 Å². The second-order valence-corrected chi connectivity index (χ2v) is 6.97. The minimum Gasteiger partial charge on any atom is -0.379 e. The number of ether oxygens (including phenoxy) is 1. The molecular weight excluding hydrogens is 161 g/mol. The lowest BCUT2D eigenvalue weighted by atomic mass is 10.4. The fourth-order valence-corrected chi connectivity index (χ4v) is 2.12. The SMILES string of the molecule is CP(C)(=O)C1CNCCOC1. The van der Waals surface area contributed by atoms with Crippen molar-refractivity contribution < 1.29 is 9.30 Å². The largest absolute Gasteiger partial charge is 0.379 e. The van der Waals surface area contributed by atoms with Crippen LogP contribution in [0, 0.1) is 0 Å². The molecule has 4 heteroatoms. The first kappa shape index (κ1) is 9.24. The molecule has 0 aliphatic carbocycles. The minimum absolute atomic E-state index is 0.213. The van der Waals surface area contributed by atoms with Gasteiger partial charge in [-0.2, -0.15) is 0 Å². The van der Waals surface area contributed by atoms with Gasteiger partial charge in [-0.05, 0) is 13.3 Å². The number of hydrogen-bond donors (Lipinski definition) is 1. The molecule has 1 rings (SSSR count). The van der Waals surface area contributed by atoms with Gasteiger partial charge < -0.3 is 14.6 Å². The van der Waals surface area contributed by atoms with Crippen LogP contribution in [0.5, 0.6) is 0 Å². The van der Waals surface area contributed by atoms with E-state index in [2.05, 4.69) is 5.32 Å². The molecular formula is C7H16NO2P. The first-order valence-corrected chi connectivity index (χ1v) is 6.61. The van der Waals surface area contributed by atoms with Gasteiger partial charge in [-0.15, -0.1) is 0 Å². The smallest absolute Gasteiger partial charge is 0.0883 e. The van der Waals surface area contributed by atoms with E-state index in [0.717, 1.165) is 19.7 Å². The van der Waals surface area contributed by atoms with E-state index in [-0.39, 0.29) is 5.66 Å². The molecule has 1 unspecified atom stereocenters. The van der Waals surface area contributed by atoms with Gasteiger partial charge in [0.1, 0.15) is 0 Å². The van der Waals surface area contributed by atoms with Gasteiger partial charge in [0.15, 0.2) is 0 Å². The molecule has 0 saturated carbocycles. The topological polar surface area (TPSA) is 38.3 Å². The molecule has 0 aromatic carbocycles. The van der Waals surface area contributed by atoms with Gasteiger partial charge in [0.25, 0.3) is 0 Å². The Bertz CT molecular complexity index is 158. The highest BCUT2D eigenvalue weighted by Crippen LogP contribution is 2.42. The third kappa shape index (κ3) is 2.94. The first-order valence-electron chi connectivity index (χ1n) is 3.94. The summed E-state index contributed by atoms with van der Waals surface area (Å²) in [5, 5.41) is 3.21. The number of hydrogen-bond acceptors (Lipinski definition) is 3. The second kappa shape index (κ2) is 3.70. The molecule has 0 bridgehead atoms. The van der Waals surface area contributed by atoms with Crippen LogP contribution in [0.4, 0.5) is 0 Å². The van der Waals surface area contributed by atoms with Crippen molar-refractivity contribution in [2.45, 2.75) is 5.66 Å². The molecule has 0 aromatic rings. The molecule has 66 valence electrons. The maximum absolute atomic E-state index is 11.6. The van der Waals surface area contributed by atoms with Crippen LogP contribution in [0.3, 0.4) is 0 Å². The van der Waals surface area contributed by atoms with Crippen LogP contribution in [0.2, 0.25) is 0 Å². The summed E-state index contributed by atoms with van der Waals surface area (Å²) in [6, 6.07) is 0. The van der Waals surface area contributed by atoms with Crippen molar-refractivity contribution in [3.63, 3.8) is 0 Å². The quantitative estimate of drug-likeness (QED) is 0.596. The molecule has 0 radical (unpaired) electrons. The zero-order valence-electron chi connectivity index (χ0n) is 7.17. The van der Waals surface area contributed by atoms with E-state index < -0.39 is 7.14 Å². The molecule has 1 N–H and O–H groups in total. The van der Waals surface area contributed by atoms with Crippen molar-refractivity contribution in [3.05, 3.63) is 0 Å². The molecule has 0 amide bonds. The Labute approximate surface area is 67.9 Å². The first-order chi connectivity index (χ1) is 5.11. The van der Waals surface area contributed by atoms with E-state index >= 15 is 0 Å². The molecule has 1 aliphatic rings. The Kier molecular flexibility index (Phi) is 3.11. The van der Waals surface area contributed by atoms with Gasteiger partial charge in [0.05, 0.1) is 20.4 Å². The predicted octanol–water partition coefficient (Wildman–Crippen LogP) is 0.597. The van der Waals surface area contributed by atoms with Gasteiger partial charge in [-0.1, -0.05) is 0 Å². The summed E-state index contributed by atoms with van der Waals surface area (Å²) in [6.07, 6.45) is 0. The van der Waals surface area contributed by atoms with Crippen LogP contribution in [0.1, 0.15) is 0 Å². The van der Waals surface area contributed by atoms with Crippen LogP contribution in [0.15, 0.2) is 0 Å². The lowest BCUT2D eigenvalue weighted by molar-refractivity contribution is 0.152. The predicted molar refractivity (Wildman–Crippen MR) is 46.9 cm³/mol. The zero-order valence-corrected chi connectivity index (χ0v) is 8.06. The normalized spacial score (nSPS) is 28.0. The highest BCUT2D eigenvalue weighted by molar-refractivity contribution is 7.63. The van der Waals surface area contributed by atoms with Crippen LogP contribution < -0.4 is 5.32 Å². The van der Waals surface area contributed by atoms with E-state index in [1.54, 1.807) is 0 Å². The van der Waals surface area contributed by atoms with Crippen LogP contribution in [-0.4, -0.2) is 45.3 Å². The monoisotopic (exact) mass is 177 g/mol. The lowest BCUT2D eigenvalue weighted by Gasteiger charge is -2.17. The number of rotatable bonds is 1. The summed E-state index contributed by atoms with van der Waals surface area (Å²) in [6.45, 7) is 6.77. The molecule has 1 heterocycles. The van der Waals surface area contributed by atoms with Crippen LogP contribution >= 0.6 is 7.14 Å².